The summed E-state index contributed by atoms with van der Waals surface area (Å²) in [7, 11) is 0. The smallest absolute Gasteiger partial charge is 0.119 e. The van der Waals surface area contributed by atoms with E-state index in [1.807, 2.05) is 41.5 Å². The molecule has 0 spiro atoms. The molecule has 1 heterocycles. The Labute approximate surface area is 80.1 Å². The Bertz CT molecular complexity index is 174. The fraction of sp³-hybridized carbons (Fsp3) is 1.00. The summed E-state index contributed by atoms with van der Waals surface area (Å²) in [5.74, 6) is 0. The van der Waals surface area contributed by atoms with Gasteiger partial charge in [-0.1, -0.05) is 0 Å². The molecule has 1 saturated heterocycles. The van der Waals surface area contributed by atoms with Crippen LogP contribution in [0.1, 0.15) is 41.5 Å². The van der Waals surface area contributed by atoms with E-state index in [1.54, 1.807) is 0 Å². The van der Waals surface area contributed by atoms with Crippen molar-refractivity contribution in [2.75, 3.05) is 0 Å². The van der Waals surface area contributed by atoms with Gasteiger partial charge in [-0.3, -0.25) is 9.68 Å². The van der Waals surface area contributed by atoms with Gasteiger partial charge in [-0.15, -0.1) is 0 Å². The van der Waals surface area contributed by atoms with Gasteiger partial charge in [0.15, 0.2) is 0 Å². The minimum atomic E-state index is -0.311. The van der Waals surface area contributed by atoms with Gasteiger partial charge in [0.25, 0.3) is 0 Å². The van der Waals surface area contributed by atoms with E-state index in [0.29, 0.717) is 6.04 Å². The normalized spacial score (nSPS) is 27.0. The lowest BCUT2D eigenvalue weighted by Crippen LogP contribution is -2.41. The van der Waals surface area contributed by atoms with E-state index < -0.39 is 0 Å². The van der Waals surface area contributed by atoms with E-state index in [0.717, 1.165) is 0 Å². The van der Waals surface area contributed by atoms with Crippen LogP contribution in [0.3, 0.4) is 0 Å². The van der Waals surface area contributed by atoms with Gasteiger partial charge in [0.2, 0.25) is 0 Å². The second-order valence-corrected chi connectivity index (χ2v) is 4.74. The molecule has 0 saturated carbocycles. The summed E-state index contributed by atoms with van der Waals surface area (Å²) in [6.07, 6.45) is 0. The van der Waals surface area contributed by atoms with Gasteiger partial charge in [-0.05, 0) is 41.5 Å². The third-order valence-electron chi connectivity index (χ3n) is 2.44. The van der Waals surface area contributed by atoms with E-state index in [9.17, 15) is 0 Å². The molecule has 1 rings (SSSR count). The Morgan fingerprint density at radius 3 is 1.69 bits per heavy atom. The van der Waals surface area contributed by atoms with Crippen LogP contribution < -0.4 is 5.43 Å². The molecule has 0 radical (unpaired) electrons. The van der Waals surface area contributed by atoms with E-state index in [2.05, 4.69) is 5.43 Å². The van der Waals surface area contributed by atoms with Crippen molar-refractivity contribution in [1.29, 1.82) is 0 Å². The SMILES string of the molecule is CC(C)NN1OC(C)(C)C(C)(C)O1. The largest absolute Gasteiger partial charge is 0.251 e. The first-order valence-corrected chi connectivity index (χ1v) is 4.69. The Morgan fingerprint density at radius 2 is 1.38 bits per heavy atom. The van der Waals surface area contributed by atoms with Gasteiger partial charge in [-0.25, -0.2) is 5.43 Å². The summed E-state index contributed by atoms with van der Waals surface area (Å²) < 4.78 is 0. The minimum Gasteiger partial charge on any atom is -0.251 e. The van der Waals surface area contributed by atoms with Crippen molar-refractivity contribution >= 4 is 0 Å². The third kappa shape index (κ3) is 2.20. The van der Waals surface area contributed by atoms with Crippen molar-refractivity contribution in [2.45, 2.75) is 58.8 Å². The van der Waals surface area contributed by atoms with Gasteiger partial charge in [0.1, 0.15) is 11.2 Å². The van der Waals surface area contributed by atoms with Crippen molar-refractivity contribution in [3.63, 3.8) is 0 Å². The average molecular weight is 188 g/mol. The van der Waals surface area contributed by atoms with E-state index in [1.165, 1.54) is 5.34 Å². The Hall–Kier alpha value is -0.160. The molecule has 1 aliphatic rings. The lowest BCUT2D eigenvalue weighted by Gasteiger charge is -2.27. The topological polar surface area (TPSA) is 33.7 Å². The monoisotopic (exact) mass is 188 g/mol. The van der Waals surface area contributed by atoms with Gasteiger partial charge < -0.3 is 0 Å². The lowest BCUT2D eigenvalue weighted by atomic mass is 9.90. The lowest BCUT2D eigenvalue weighted by molar-refractivity contribution is -0.363. The van der Waals surface area contributed by atoms with E-state index in [-0.39, 0.29) is 11.2 Å². The van der Waals surface area contributed by atoms with Crippen LogP contribution in [0.5, 0.6) is 0 Å². The fourth-order valence-corrected chi connectivity index (χ4v) is 0.917. The zero-order valence-corrected chi connectivity index (χ0v) is 9.34. The number of nitrogens with one attached hydrogen (secondary N) is 1. The van der Waals surface area contributed by atoms with E-state index in [4.69, 9.17) is 9.68 Å². The maximum absolute atomic E-state index is 5.57. The number of rotatable bonds is 2. The van der Waals surface area contributed by atoms with Gasteiger partial charge in [-0.2, -0.15) is 0 Å². The van der Waals surface area contributed by atoms with Crippen molar-refractivity contribution in [3.8, 4) is 0 Å². The number of nitrogens with zero attached hydrogens (tertiary/aromatic N) is 1. The molecule has 0 unspecified atom stereocenters. The molecule has 0 aromatic heterocycles. The van der Waals surface area contributed by atoms with Crippen LogP contribution in [0.25, 0.3) is 0 Å². The highest BCUT2D eigenvalue weighted by atomic mass is 17.0. The Kier molecular flexibility index (Phi) is 2.69. The minimum absolute atomic E-state index is 0.296. The van der Waals surface area contributed by atoms with Gasteiger partial charge in [0, 0.05) is 11.4 Å². The first-order valence-electron chi connectivity index (χ1n) is 4.69. The van der Waals surface area contributed by atoms with Crippen LogP contribution in [0.15, 0.2) is 0 Å². The van der Waals surface area contributed by atoms with E-state index >= 15 is 0 Å². The summed E-state index contributed by atoms with van der Waals surface area (Å²) in [6.45, 7) is 12.1. The molecule has 78 valence electrons. The van der Waals surface area contributed by atoms with Crippen molar-refractivity contribution < 1.29 is 9.68 Å². The zero-order chi connectivity index (χ0) is 10.3. The summed E-state index contributed by atoms with van der Waals surface area (Å²) in [4.78, 5) is 11.1. The fourth-order valence-electron chi connectivity index (χ4n) is 0.917. The summed E-state index contributed by atoms with van der Waals surface area (Å²) in [6, 6.07) is 0.296. The molecular weight excluding hydrogens is 168 g/mol. The molecule has 0 bridgehead atoms. The molecule has 0 aromatic carbocycles. The maximum Gasteiger partial charge on any atom is 0.119 e. The Morgan fingerprint density at radius 1 is 1.00 bits per heavy atom. The quantitative estimate of drug-likeness (QED) is 0.714. The summed E-state index contributed by atoms with van der Waals surface area (Å²) in [5, 5.41) is 1.37. The molecule has 0 amide bonds. The van der Waals surface area contributed by atoms with Crippen LogP contribution in [0.4, 0.5) is 0 Å². The number of hydrogen-bond acceptors (Lipinski definition) is 4. The summed E-state index contributed by atoms with van der Waals surface area (Å²) in [5.41, 5.74) is 2.42. The second-order valence-electron chi connectivity index (χ2n) is 4.74. The molecule has 4 nitrogen and oxygen atoms in total. The first kappa shape index (κ1) is 10.9. The van der Waals surface area contributed by atoms with Crippen LogP contribution in [0, 0.1) is 0 Å². The van der Waals surface area contributed by atoms with Crippen LogP contribution in [-0.4, -0.2) is 22.6 Å². The van der Waals surface area contributed by atoms with Crippen LogP contribution in [-0.2, 0) is 9.68 Å². The number of hydrazine groups is 1. The molecule has 13 heavy (non-hydrogen) atoms. The molecule has 1 N–H and O–H groups in total. The molecule has 4 heteroatoms. The molecule has 0 aromatic rings. The van der Waals surface area contributed by atoms with Gasteiger partial charge in [0.05, 0.1) is 0 Å². The number of hydrogen-bond donors (Lipinski definition) is 1. The van der Waals surface area contributed by atoms with Crippen LogP contribution in [0.2, 0.25) is 0 Å². The predicted molar refractivity (Wildman–Crippen MR) is 50.4 cm³/mol. The Balaban J connectivity index is 2.60. The molecule has 1 fully saturated rings. The van der Waals surface area contributed by atoms with Gasteiger partial charge >= 0.3 is 0 Å². The average Bonchev–Trinajstić information content (AvgIpc) is 1.98. The first-order chi connectivity index (χ1) is 5.74. The highest BCUT2D eigenvalue weighted by molar-refractivity contribution is 4.90. The molecular formula is C9H20N2O2. The van der Waals surface area contributed by atoms with Crippen LogP contribution >= 0.6 is 0 Å². The van der Waals surface area contributed by atoms with Crippen molar-refractivity contribution in [2.24, 2.45) is 0 Å². The molecule has 1 aliphatic heterocycles. The molecule has 0 aliphatic carbocycles. The zero-order valence-electron chi connectivity index (χ0n) is 9.34. The maximum atomic E-state index is 5.57. The van der Waals surface area contributed by atoms with Crippen molar-refractivity contribution in [1.82, 2.24) is 10.8 Å². The summed E-state index contributed by atoms with van der Waals surface area (Å²) >= 11 is 0. The van der Waals surface area contributed by atoms with Crippen molar-refractivity contribution in [3.05, 3.63) is 0 Å². The predicted octanol–water partition coefficient (Wildman–Crippen LogP) is 1.64. The highest BCUT2D eigenvalue weighted by Crippen LogP contribution is 2.36. The molecule has 0 atom stereocenters. The second kappa shape index (κ2) is 3.20. The highest BCUT2D eigenvalue weighted by Gasteiger charge is 2.49. The third-order valence-corrected chi connectivity index (χ3v) is 2.44. The standard InChI is InChI=1S/C9H20N2O2/c1-7(2)10-11-12-8(3,4)9(5,6)13-11/h7,10H,1-6H3.